The van der Waals surface area contributed by atoms with E-state index >= 15 is 0 Å². The third-order valence-electron chi connectivity index (χ3n) is 6.95. The molecule has 0 amide bonds. The largest absolute Gasteiger partial charge is 0.379 e. The molecule has 140 valence electrons. The maximum atomic E-state index is 6.46. The van der Waals surface area contributed by atoms with Crippen molar-refractivity contribution in [3.63, 3.8) is 0 Å². The van der Waals surface area contributed by atoms with E-state index in [2.05, 4.69) is 25.1 Å². The lowest BCUT2D eigenvalue weighted by atomic mass is 9.66. The molecule has 1 heterocycles. The van der Waals surface area contributed by atoms with Gasteiger partial charge in [-0.1, -0.05) is 18.2 Å². The van der Waals surface area contributed by atoms with Gasteiger partial charge in [-0.2, -0.15) is 0 Å². The molecule has 5 heteroatoms. The smallest absolute Gasteiger partial charge is 0.220 e. The molecule has 1 atom stereocenters. The molecular formula is C21H29N3O2. The number of hydrogen-bond donors (Lipinski definition) is 1. The summed E-state index contributed by atoms with van der Waals surface area (Å²) in [5, 5.41) is 1.66. The van der Waals surface area contributed by atoms with Crippen LogP contribution in [-0.2, 0) is 21.7 Å². The molecule has 26 heavy (non-hydrogen) atoms. The van der Waals surface area contributed by atoms with Crippen LogP contribution < -0.4 is 5.73 Å². The molecule has 0 radical (unpaired) electrons. The van der Waals surface area contributed by atoms with Crippen LogP contribution in [0.4, 0.5) is 0 Å². The van der Waals surface area contributed by atoms with Gasteiger partial charge >= 0.3 is 0 Å². The normalized spacial score (nSPS) is 36.0. The monoisotopic (exact) mass is 355 g/mol. The Bertz CT molecular complexity index is 750. The van der Waals surface area contributed by atoms with Crippen LogP contribution in [0.25, 0.3) is 0 Å². The molecule has 5 rings (SSSR count). The maximum Gasteiger partial charge on any atom is 0.220 e. The van der Waals surface area contributed by atoms with Crippen molar-refractivity contribution in [1.29, 1.82) is 0 Å². The van der Waals surface area contributed by atoms with Gasteiger partial charge in [0.05, 0.1) is 6.10 Å². The summed E-state index contributed by atoms with van der Waals surface area (Å²) in [5.41, 5.74) is 9.61. The van der Waals surface area contributed by atoms with Crippen molar-refractivity contribution in [3.8, 4) is 0 Å². The van der Waals surface area contributed by atoms with E-state index in [1.54, 1.807) is 5.06 Å². The molecule has 0 bridgehead atoms. The second kappa shape index (κ2) is 5.70. The molecule has 1 aromatic rings. The molecule has 2 N–H and O–H groups in total. The first kappa shape index (κ1) is 16.6. The van der Waals surface area contributed by atoms with Crippen molar-refractivity contribution >= 4 is 5.96 Å². The van der Waals surface area contributed by atoms with Gasteiger partial charge in [-0.3, -0.25) is 0 Å². The van der Waals surface area contributed by atoms with Crippen LogP contribution in [0.5, 0.6) is 0 Å². The van der Waals surface area contributed by atoms with E-state index in [4.69, 9.17) is 20.3 Å². The standard InChI is InChI=1S/C21H29N3O2/c1-3-25-17-8-10-20(11-9-17)13-16-7-6-15(14-4-5-14)12-18(16)21(20)23-19(22)24(2)26-21/h6-7,12,14,17H,3-5,8-11,13H2,1-2H3,(H2,22,23). The van der Waals surface area contributed by atoms with Gasteiger partial charge in [-0.15, -0.1) is 0 Å². The fraction of sp³-hybridized carbons (Fsp3) is 0.667. The first-order chi connectivity index (χ1) is 12.6. The predicted octanol–water partition coefficient (Wildman–Crippen LogP) is 3.43. The van der Waals surface area contributed by atoms with E-state index in [1.807, 2.05) is 7.05 Å². The zero-order chi connectivity index (χ0) is 17.9. The number of ether oxygens (including phenoxy) is 1. The molecule has 1 aromatic carbocycles. The lowest BCUT2D eigenvalue weighted by Gasteiger charge is -2.45. The van der Waals surface area contributed by atoms with Crippen molar-refractivity contribution in [1.82, 2.24) is 5.06 Å². The highest BCUT2D eigenvalue weighted by Crippen LogP contribution is 2.62. The Morgan fingerprint density at radius 2 is 2.04 bits per heavy atom. The average molecular weight is 355 g/mol. The summed E-state index contributed by atoms with van der Waals surface area (Å²) in [4.78, 5) is 11.4. The fourth-order valence-corrected chi connectivity index (χ4v) is 5.39. The number of benzene rings is 1. The molecule has 2 fully saturated rings. The minimum Gasteiger partial charge on any atom is -0.379 e. The zero-order valence-corrected chi connectivity index (χ0v) is 15.8. The summed E-state index contributed by atoms with van der Waals surface area (Å²) >= 11 is 0. The lowest BCUT2D eigenvalue weighted by Crippen LogP contribution is -2.46. The maximum absolute atomic E-state index is 6.46. The van der Waals surface area contributed by atoms with Crippen LogP contribution in [0.3, 0.4) is 0 Å². The van der Waals surface area contributed by atoms with E-state index in [-0.39, 0.29) is 5.41 Å². The summed E-state index contributed by atoms with van der Waals surface area (Å²) < 4.78 is 5.90. The molecular weight excluding hydrogens is 326 g/mol. The number of hydroxylamine groups is 2. The Morgan fingerprint density at radius 3 is 2.65 bits per heavy atom. The van der Waals surface area contributed by atoms with Crippen LogP contribution in [-0.4, -0.2) is 30.8 Å². The van der Waals surface area contributed by atoms with Gasteiger partial charge in [0.15, 0.2) is 0 Å². The van der Waals surface area contributed by atoms with Crippen LogP contribution in [0.1, 0.15) is 68.1 Å². The summed E-state index contributed by atoms with van der Waals surface area (Å²) in [5.74, 6) is 1.21. The number of fused-ring (bicyclic) bond motifs is 3. The molecule has 4 aliphatic rings. The molecule has 2 saturated carbocycles. The third kappa shape index (κ3) is 2.26. The van der Waals surface area contributed by atoms with E-state index in [0.29, 0.717) is 12.1 Å². The van der Waals surface area contributed by atoms with E-state index in [0.717, 1.165) is 44.6 Å². The van der Waals surface area contributed by atoms with Crippen LogP contribution in [0.2, 0.25) is 0 Å². The molecule has 5 nitrogen and oxygen atoms in total. The number of rotatable bonds is 3. The van der Waals surface area contributed by atoms with Crippen molar-refractivity contribution in [2.45, 2.75) is 69.6 Å². The number of guanidine groups is 1. The van der Waals surface area contributed by atoms with Crippen molar-refractivity contribution in [2.24, 2.45) is 16.1 Å². The van der Waals surface area contributed by atoms with Gasteiger partial charge in [0.1, 0.15) is 0 Å². The van der Waals surface area contributed by atoms with Gasteiger partial charge in [0, 0.05) is 24.6 Å². The Hall–Kier alpha value is -1.59. The van der Waals surface area contributed by atoms with Crippen molar-refractivity contribution in [2.75, 3.05) is 13.7 Å². The second-order valence-corrected chi connectivity index (χ2v) is 8.51. The Morgan fingerprint density at radius 1 is 1.27 bits per heavy atom. The molecule has 0 saturated heterocycles. The summed E-state index contributed by atoms with van der Waals surface area (Å²) in [7, 11) is 1.87. The molecule has 1 unspecified atom stereocenters. The van der Waals surface area contributed by atoms with Gasteiger partial charge < -0.3 is 10.5 Å². The topological polar surface area (TPSA) is 60.1 Å². The Kier molecular flexibility index (Phi) is 3.63. The number of aliphatic imine (C=N–C) groups is 1. The van der Waals surface area contributed by atoms with Gasteiger partial charge in [-0.25, -0.2) is 14.9 Å². The minimum atomic E-state index is -0.650. The van der Waals surface area contributed by atoms with E-state index in [9.17, 15) is 0 Å². The second-order valence-electron chi connectivity index (χ2n) is 8.51. The van der Waals surface area contributed by atoms with Gasteiger partial charge in [0.25, 0.3) is 0 Å². The SMILES string of the molecule is CCOC1CCC2(CC1)Cc1ccc(C3CC3)cc1C21N=C(N)N(C)O1. The van der Waals surface area contributed by atoms with Gasteiger partial charge in [-0.05, 0) is 68.9 Å². The zero-order valence-electron chi connectivity index (χ0n) is 15.8. The number of nitrogens with zero attached hydrogens (tertiary/aromatic N) is 2. The molecule has 3 aliphatic carbocycles. The third-order valence-corrected chi connectivity index (χ3v) is 6.95. The summed E-state index contributed by atoms with van der Waals surface area (Å²) in [6.07, 6.45) is 8.28. The molecule has 1 aliphatic heterocycles. The van der Waals surface area contributed by atoms with Crippen LogP contribution >= 0.6 is 0 Å². The molecule has 0 aromatic heterocycles. The quantitative estimate of drug-likeness (QED) is 0.902. The van der Waals surface area contributed by atoms with E-state index in [1.165, 1.54) is 29.5 Å². The van der Waals surface area contributed by atoms with Crippen LogP contribution in [0, 0.1) is 5.41 Å². The highest BCUT2D eigenvalue weighted by molar-refractivity contribution is 5.79. The summed E-state index contributed by atoms with van der Waals surface area (Å²) in [6.45, 7) is 2.87. The first-order valence-corrected chi connectivity index (χ1v) is 10.1. The first-order valence-electron chi connectivity index (χ1n) is 10.1. The predicted molar refractivity (Wildman–Crippen MR) is 101 cm³/mol. The number of nitrogens with two attached hydrogens (primary N) is 1. The van der Waals surface area contributed by atoms with Gasteiger partial charge in [0.2, 0.25) is 11.7 Å². The average Bonchev–Trinajstić information content (AvgIpc) is 3.39. The fourth-order valence-electron chi connectivity index (χ4n) is 5.39. The van der Waals surface area contributed by atoms with Crippen molar-refractivity contribution in [3.05, 3.63) is 34.9 Å². The lowest BCUT2D eigenvalue weighted by molar-refractivity contribution is -0.232. The Balaban J connectivity index is 1.56. The van der Waals surface area contributed by atoms with E-state index < -0.39 is 5.72 Å². The Labute approximate surface area is 155 Å². The highest BCUT2D eigenvalue weighted by atomic mass is 16.7. The number of hydrogen-bond acceptors (Lipinski definition) is 5. The summed E-state index contributed by atoms with van der Waals surface area (Å²) in [6, 6.07) is 7.01. The highest BCUT2D eigenvalue weighted by Gasteiger charge is 2.63. The van der Waals surface area contributed by atoms with Crippen molar-refractivity contribution < 1.29 is 9.57 Å². The van der Waals surface area contributed by atoms with Crippen LogP contribution in [0.15, 0.2) is 23.2 Å². The molecule has 2 spiro atoms. The minimum absolute atomic E-state index is 0.0134.